The largest absolute Gasteiger partial charge is 0.480 e. The molecular weight excluding hydrogens is 270 g/mol. The maximum atomic E-state index is 11.5. The fourth-order valence-electron chi connectivity index (χ4n) is 1.77. The first-order chi connectivity index (χ1) is 9.99. The minimum atomic E-state index is -1.29. The van der Waals surface area contributed by atoms with Crippen molar-refractivity contribution in [3.05, 3.63) is 24.3 Å². The highest BCUT2D eigenvalue weighted by atomic mass is 16.4. The Kier molecular flexibility index (Phi) is 11.2. The predicted molar refractivity (Wildman–Crippen MR) is 82.9 cm³/mol. The number of unbranched alkanes of at least 4 members (excludes halogenated alkanes) is 5. The predicted octanol–water partition coefficient (Wildman–Crippen LogP) is 2.41. The molecule has 1 amide bonds. The molecule has 0 aromatic carbocycles. The molecule has 0 saturated carbocycles. The van der Waals surface area contributed by atoms with Crippen LogP contribution in [0.1, 0.15) is 52.4 Å². The average Bonchev–Trinajstić information content (AvgIpc) is 2.42. The number of hydrogen-bond acceptors (Lipinski definition) is 3. The number of aliphatic hydroxyl groups excluding tert-OH is 1. The van der Waals surface area contributed by atoms with Crippen LogP contribution in [-0.4, -0.2) is 34.2 Å². The van der Waals surface area contributed by atoms with E-state index < -0.39 is 24.0 Å². The second kappa shape index (κ2) is 12.1. The maximum Gasteiger partial charge on any atom is 0.328 e. The zero-order chi connectivity index (χ0) is 16.1. The SMILES string of the molecule is CCCCCCC/C=C/C=C/C(=O)N[C@H](C(=O)O)C(C)O. The Morgan fingerprint density at radius 1 is 1.14 bits per heavy atom. The fraction of sp³-hybridized carbons (Fsp3) is 0.625. The van der Waals surface area contributed by atoms with Crippen LogP contribution in [0.15, 0.2) is 24.3 Å². The lowest BCUT2D eigenvalue weighted by Crippen LogP contribution is -2.47. The van der Waals surface area contributed by atoms with E-state index in [2.05, 4.69) is 12.2 Å². The van der Waals surface area contributed by atoms with Gasteiger partial charge in [-0.05, 0) is 19.8 Å². The van der Waals surface area contributed by atoms with E-state index in [1.165, 1.54) is 38.7 Å². The van der Waals surface area contributed by atoms with Crippen molar-refractivity contribution in [1.82, 2.24) is 5.32 Å². The number of allylic oxidation sites excluding steroid dienone is 3. The van der Waals surface area contributed by atoms with Crippen molar-refractivity contribution in [3.8, 4) is 0 Å². The molecule has 1 unspecified atom stereocenters. The van der Waals surface area contributed by atoms with Gasteiger partial charge in [0.05, 0.1) is 6.10 Å². The van der Waals surface area contributed by atoms with Crippen LogP contribution >= 0.6 is 0 Å². The Balaban J connectivity index is 3.91. The molecule has 0 saturated heterocycles. The van der Waals surface area contributed by atoms with Crippen LogP contribution in [0, 0.1) is 0 Å². The molecule has 0 bridgehead atoms. The lowest BCUT2D eigenvalue weighted by molar-refractivity contribution is -0.144. The summed E-state index contributed by atoms with van der Waals surface area (Å²) in [4.78, 5) is 22.3. The summed E-state index contributed by atoms with van der Waals surface area (Å²) in [5.41, 5.74) is 0. The second-order valence-corrected chi connectivity index (χ2v) is 5.06. The standard InChI is InChI=1S/C16H27NO4/c1-3-4-5-6-7-8-9-10-11-12-14(19)17-15(13(2)18)16(20)21/h9-13,15,18H,3-8H2,1-2H3,(H,17,19)(H,20,21)/b10-9+,12-11+/t13?,15-/m0/s1. The van der Waals surface area contributed by atoms with Gasteiger partial charge in [0.25, 0.3) is 0 Å². The molecule has 0 aliphatic heterocycles. The number of hydrogen-bond donors (Lipinski definition) is 3. The molecule has 120 valence electrons. The summed E-state index contributed by atoms with van der Waals surface area (Å²) in [6, 6.07) is -1.29. The maximum absolute atomic E-state index is 11.5. The quantitative estimate of drug-likeness (QED) is 0.310. The third kappa shape index (κ3) is 10.8. The number of aliphatic carboxylic acids is 1. The molecule has 2 atom stereocenters. The van der Waals surface area contributed by atoms with Gasteiger partial charge in [-0.25, -0.2) is 4.79 Å². The summed E-state index contributed by atoms with van der Waals surface area (Å²) in [7, 11) is 0. The molecule has 21 heavy (non-hydrogen) atoms. The van der Waals surface area contributed by atoms with E-state index in [1.54, 1.807) is 12.2 Å². The Morgan fingerprint density at radius 2 is 1.81 bits per heavy atom. The first-order valence-corrected chi connectivity index (χ1v) is 7.53. The highest BCUT2D eigenvalue weighted by Crippen LogP contribution is 2.05. The Bertz CT molecular complexity index is 361. The number of aliphatic hydroxyl groups is 1. The molecule has 0 fully saturated rings. The minimum Gasteiger partial charge on any atom is -0.480 e. The number of amides is 1. The molecule has 0 radical (unpaired) electrons. The van der Waals surface area contributed by atoms with Gasteiger partial charge in [0.2, 0.25) is 5.91 Å². The molecule has 5 heteroatoms. The van der Waals surface area contributed by atoms with Gasteiger partial charge in [0.15, 0.2) is 6.04 Å². The number of carbonyl (C=O) groups is 2. The number of carboxylic acid groups (broad SMARTS) is 1. The van der Waals surface area contributed by atoms with Crippen molar-refractivity contribution in [2.24, 2.45) is 0 Å². The van der Waals surface area contributed by atoms with Crippen molar-refractivity contribution in [1.29, 1.82) is 0 Å². The van der Waals surface area contributed by atoms with Crippen molar-refractivity contribution < 1.29 is 19.8 Å². The van der Waals surface area contributed by atoms with Crippen LogP contribution in [0.3, 0.4) is 0 Å². The summed E-state index contributed by atoms with van der Waals surface area (Å²) in [5.74, 6) is -1.79. The van der Waals surface area contributed by atoms with Crippen LogP contribution in [0.5, 0.6) is 0 Å². The third-order valence-corrected chi connectivity index (χ3v) is 3.02. The van der Waals surface area contributed by atoms with Gasteiger partial charge >= 0.3 is 5.97 Å². The molecule has 0 rings (SSSR count). The Morgan fingerprint density at radius 3 is 2.38 bits per heavy atom. The summed E-state index contributed by atoms with van der Waals surface area (Å²) in [5, 5.41) is 20.3. The van der Waals surface area contributed by atoms with E-state index in [0.717, 1.165) is 12.8 Å². The molecular formula is C16H27NO4. The summed E-state index contributed by atoms with van der Waals surface area (Å²) in [6.45, 7) is 3.50. The summed E-state index contributed by atoms with van der Waals surface area (Å²) < 4.78 is 0. The number of carbonyl (C=O) groups excluding carboxylic acids is 1. The zero-order valence-electron chi connectivity index (χ0n) is 12.9. The van der Waals surface area contributed by atoms with Crippen LogP contribution in [0.25, 0.3) is 0 Å². The Hall–Kier alpha value is -1.62. The van der Waals surface area contributed by atoms with Crippen molar-refractivity contribution in [2.45, 2.75) is 64.5 Å². The third-order valence-electron chi connectivity index (χ3n) is 3.02. The zero-order valence-corrected chi connectivity index (χ0v) is 12.9. The highest BCUT2D eigenvalue weighted by molar-refractivity contribution is 5.91. The summed E-state index contributed by atoms with van der Waals surface area (Å²) in [6.07, 6.45) is 12.6. The van der Waals surface area contributed by atoms with E-state index in [1.807, 2.05) is 6.08 Å². The van der Waals surface area contributed by atoms with Crippen LogP contribution in [0.4, 0.5) is 0 Å². The van der Waals surface area contributed by atoms with Gasteiger partial charge in [0.1, 0.15) is 0 Å². The van der Waals surface area contributed by atoms with Gasteiger partial charge in [-0.15, -0.1) is 0 Å². The number of rotatable bonds is 11. The fourth-order valence-corrected chi connectivity index (χ4v) is 1.77. The van der Waals surface area contributed by atoms with E-state index in [-0.39, 0.29) is 0 Å². The van der Waals surface area contributed by atoms with Crippen LogP contribution in [-0.2, 0) is 9.59 Å². The lowest BCUT2D eigenvalue weighted by atomic mass is 10.1. The topological polar surface area (TPSA) is 86.6 Å². The second-order valence-electron chi connectivity index (χ2n) is 5.06. The molecule has 0 aromatic heterocycles. The Labute approximate surface area is 126 Å². The first kappa shape index (κ1) is 19.4. The van der Waals surface area contributed by atoms with Gasteiger partial charge in [-0.1, -0.05) is 50.8 Å². The van der Waals surface area contributed by atoms with E-state index in [4.69, 9.17) is 5.11 Å². The molecule has 3 N–H and O–H groups in total. The number of carboxylic acids is 1. The molecule has 0 heterocycles. The normalized spacial score (nSPS) is 14.4. The molecule has 5 nitrogen and oxygen atoms in total. The van der Waals surface area contributed by atoms with Gasteiger partial charge in [0, 0.05) is 6.08 Å². The van der Waals surface area contributed by atoms with E-state index >= 15 is 0 Å². The van der Waals surface area contributed by atoms with Crippen molar-refractivity contribution >= 4 is 11.9 Å². The molecule has 0 aliphatic rings. The van der Waals surface area contributed by atoms with Gasteiger partial charge < -0.3 is 15.5 Å². The van der Waals surface area contributed by atoms with Crippen molar-refractivity contribution in [3.63, 3.8) is 0 Å². The molecule has 0 spiro atoms. The van der Waals surface area contributed by atoms with E-state index in [9.17, 15) is 14.7 Å². The smallest absolute Gasteiger partial charge is 0.328 e. The van der Waals surface area contributed by atoms with Crippen LogP contribution in [0.2, 0.25) is 0 Å². The number of nitrogens with one attached hydrogen (secondary N) is 1. The molecule has 0 aliphatic carbocycles. The highest BCUT2D eigenvalue weighted by Gasteiger charge is 2.23. The van der Waals surface area contributed by atoms with E-state index in [0.29, 0.717) is 0 Å². The van der Waals surface area contributed by atoms with Crippen molar-refractivity contribution in [2.75, 3.05) is 0 Å². The lowest BCUT2D eigenvalue weighted by Gasteiger charge is -2.15. The first-order valence-electron chi connectivity index (χ1n) is 7.53. The summed E-state index contributed by atoms with van der Waals surface area (Å²) >= 11 is 0. The van der Waals surface area contributed by atoms with Gasteiger partial charge in [-0.2, -0.15) is 0 Å². The minimum absolute atomic E-state index is 0.532. The monoisotopic (exact) mass is 297 g/mol. The van der Waals surface area contributed by atoms with Gasteiger partial charge in [-0.3, -0.25) is 4.79 Å². The average molecular weight is 297 g/mol. The molecule has 0 aromatic rings. The van der Waals surface area contributed by atoms with Crippen LogP contribution < -0.4 is 5.32 Å².